The van der Waals surface area contributed by atoms with Gasteiger partial charge in [-0.15, -0.1) is 24.6 Å². The molecule has 0 spiro atoms. The van der Waals surface area contributed by atoms with Gasteiger partial charge in [0.15, 0.2) is 17.3 Å². The standard InChI is InChI=1S/C23H25N5O2S.C2H2/c1-3-17(31-2)6-4-8-21-26-23(28-27-21)18-7-5-11-24-22(18)25-15-16-9-10-19-20(14-16)30-13-12-29-19;1-2/h3-7,9-11,14H,8,12-13,15H2,1-2H3,(H,24,25)(H,26,27,28);1-2H/b6-4-,17-3+;. The Labute approximate surface area is 198 Å². The van der Waals surface area contributed by atoms with Gasteiger partial charge in [0.05, 0.1) is 5.56 Å². The Kier molecular flexibility index (Phi) is 8.98. The third-order valence-electron chi connectivity index (χ3n) is 4.76. The summed E-state index contributed by atoms with van der Waals surface area (Å²) in [5.74, 6) is 3.73. The van der Waals surface area contributed by atoms with E-state index < -0.39 is 0 Å². The molecule has 3 aromatic rings. The Balaban J connectivity index is 0.00000149. The molecule has 33 heavy (non-hydrogen) atoms. The summed E-state index contributed by atoms with van der Waals surface area (Å²) in [4.78, 5) is 10.4. The smallest absolute Gasteiger partial charge is 0.184 e. The van der Waals surface area contributed by atoms with Crippen molar-refractivity contribution in [1.29, 1.82) is 0 Å². The van der Waals surface area contributed by atoms with E-state index >= 15 is 0 Å². The van der Waals surface area contributed by atoms with E-state index in [2.05, 4.69) is 62.8 Å². The van der Waals surface area contributed by atoms with Crippen LogP contribution >= 0.6 is 11.8 Å². The molecule has 4 rings (SSSR count). The molecule has 8 heteroatoms. The fraction of sp³-hybridized carbons (Fsp3) is 0.240. The second kappa shape index (κ2) is 12.4. The minimum absolute atomic E-state index is 0.573. The topological polar surface area (TPSA) is 85.0 Å². The molecule has 1 aliphatic rings. The van der Waals surface area contributed by atoms with Gasteiger partial charge in [0.2, 0.25) is 0 Å². The Morgan fingerprint density at radius 3 is 2.82 bits per heavy atom. The number of anilines is 1. The van der Waals surface area contributed by atoms with Crippen LogP contribution in [0.25, 0.3) is 11.4 Å². The highest BCUT2D eigenvalue weighted by Gasteiger charge is 2.14. The molecule has 0 saturated carbocycles. The lowest BCUT2D eigenvalue weighted by atomic mass is 10.2. The maximum atomic E-state index is 5.67. The molecule has 0 bridgehead atoms. The fourth-order valence-electron chi connectivity index (χ4n) is 3.19. The number of ether oxygens (including phenoxy) is 2. The number of rotatable bonds is 8. The number of pyridine rings is 1. The van der Waals surface area contributed by atoms with E-state index in [0.717, 1.165) is 34.3 Å². The van der Waals surface area contributed by atoms with Crippen LogP contribution in [0.4, 0.5) is 5.82 Å². The predicted molar refractivity (Wildman–Crippen MR) is 134 cm³/mol. The number of aromatic nitrogens is 4. The molecule has 3 heterocycles. The van der Waals surface area contributed by atoms with Crippen molar-refractivity contribution < 1.29 is 9.47 Å². The number of thioether (sulfide) groups is 1. The molecule has 0 unspecified atom stereocenters. The zero-order valence-electron chi connectivity index (χ0n) is 18.7. The molecular weight excluding hydrogens is 434 g/mol. The van der Waals surface area contributed by atoms with Gasteiger partial charge in [-0.05, 0) is 43.0 Å². The van der Waals surface area contributed by atoms with Crippen LogP contribution in [0.1, 0.15) is 18.3 Å². The first kappa shape index (κ1) is 24.0. The van der Waals surface area contributed by atoms with Crippen LogP contribution in [0.5, 0.6) is 11.5 Å². The number of nitrogens with zero attached hydrogens (tertiary/aromatic N) is 3. The molecule has 0 aliphatic carbocycles. The minimum Gasteiger partial charge on any atom is -0.486 e. The minimum atomic E-state index is 0.573. The average molecular weight is 462 g/mol. The van der Waals surface area contributed by atoms with Crippen molar-refractivity contribution in [2.75, 3.05) is 24.8 Å². The van der Waals surface area contributed by atoms with Crippen molar-refractivity contribution in [3.05, 3.63) is 71.0 Å². The molecule has 1 aliphatic heterocycles. The van der Waals surface area contributed by atoms with Gasteiger partial charge in [-0.1, -0.05) is 24.3 Å². The summed E-state index contributed by atoms with van der Waals surface area (Å²) in [6, 6.07) is 9.81. The van der Waals surface area contributed by atoms with Crippen LogP contribution in [0.2, 0.25) is 0 Å². The molecule has 0 amide bonds. The lowest BCUT2D eigenvalue weighted by Crippen LogP contribution is -2.15. The van der Waals surface area contributed by atoms with E-state index in [0.29, 0.717) is 32.0 Å². The Morgan fingerprint density at radius 1 is 1.21 bits per heavy atom. The summed E-state index contributed by atoms with van der Waals surface area (Å²) >= 11 is 1.72. The first-order valence-electron chi connectivity index (χ1n) is 10.5. The summed E-state index contributed by atoms with van der Waals surface area (Å²) in [6.07, 6.45) is 18.8. The molecule has 0 atom stereocenters. The molecule has 0 saturated heterocycles. The highest BCUT2D eigenvalue weighted by molar-refractivity contribution is 8.02. The monoisotopic (exact) mass is 461 g/mol. The van der Waals surface area contributed by atoms with Gasteiger partial charge in [-0.2, -0.15) is 5.10 Å². The predicted octanol–water partition coefficient (Wildman–Crippen LogP) is 4.86. The Hall–Kier alpha value is -3.70. The van der Waals surface area contributed by atoms with E-state index in [9.17, 15) is 0 Å². The van der Waals surface area contributed by atoms with Crippen molar-refractivity contribution in [2.24, 2.45) is 0 Å². The Bertz CT molecular complexity index is 1140. The van der Waals surface area contributed by atoms with Gasteiger partial charge in [0.25, 0.3) is 0 Å². The van der Waals surface area contributed by atoms with Crippen molar-refractivity contribution in [1.82, 2.24) is 20.2 Å². The molecule has 1 aromatic carbocycles. The number of nitrogens with one attached hydrogen (secondary N) is 2. The summed E-state index contributed by atoms with van der Waals surface area (Å²) in [7, 11) is 0. The van der Waals surface area contributed by atoms with Gasteiger partial charge in [0, 0.05) is 24.1 Å². The second-order valence-corrected chi connectivity index (χ2v) is 7.72. The maximum absolute atomic E-state index is 5.67. The molecule has 0 radical (unpaired) electrons. The lowest BCUT2D eigenvalue weighted by Gasteiger charge is -2.19. The first-order valence-corrected chi connectivity index (χ1v) is 11.7. The number of hydrogen-bond donors (Lipinski definition) is 2. The number of aromatic amines is 1. The normalized spacial score (nSPS) is 12.8. The van der Waals surface area contributed by atoms with E-state index in [1.165, 1.54) is 4.91 Å². The molecular formula is C25H27N5O2S. The number of hydrogen-bond acceptors (Lipinski definition) is 7. The van der Waals surface area contributed by atoms with E-state index in [4.69, 9.17) is 9.47 Å². The van der Waals surface area contributed by atoms with Gasteiger partial charge in [-0.3, -0.25) is 5.10 Å². The average Bonchev–Trinajstić information content (AvgIpc) is 3.35. The van der Waals surface area contributed by atoms with Gasteiger partial charge in [-0.25, -0.2) is 9.97 Å². The summed E-state index contributed by atoms with van der Waals surface area (Å²) in [5, 5.41) is 10.8. The largest absolute Gasteiger partial charge is 0.486 e. The van der Waals surface area contributed by atoms with Gasteiger partial charge in [0.1, 0.15) is 24.9 Å². The van der Waals surface area contributed by atoms with Crippen molar-refractivity contribution >= 4 is 17.6 Å². The SMILES string of the molecule is C#C.C/C=C(\C=C/Cc1nc(-c2cccnc2NCc2ccc3c(c2)OCCO3)n[nH]1)SC. The first-order chi connectivity index (χ1) is 16.3. The molecule has 7 nitrogen and oxygen atoms in total. The van der Waals surface area contributed by atoms with E-state index in [1.807, 2.05) is 37.3 Å². The fourth-order valence-corrected chi connectivity index (χ4v) is 3.65. The molecule has 0 fully saturated rings. The summed E-state index contributed by atoms with van der Waals surface area (Å²) in [5.41, 5.74) is 1.93. The van der Waals surface area contributed by atoms with Crippen molar-refractivity contribution in [3.63, 3.8) is 0 Å². The van der Waals surface area contributed by atoms with Crippen molar-refractivity contribution in [2.45, 2.75) is 19.9 Å². The lowest BCUT2D eigenvalue weighted by molar-refractivity contribution is 0.171. The van der Waals surface area contributed by atoms with Crippen LogP contribution in [-0.2, 0) is 13.0 Å². The number of terminal acetylenes is 1. The highest BCUT2D eigenvalue weighted by Crippen LogP contribution is 2.31. The molecule has 2 aromatic heterocycles. The van der Waals surface area contributed by atoms with Crippen molar-refractivity contribution in [3.8, 4) is 35.7 Å². The maximum Gasteiger partial charge on any atom is 0.184 e. The highest BCUT2D eigenvalue weighted by atomic mass is 32.2. The van der Waals surface area contributed by atoms with Crippen LogP contribution in [-0.4, -0.2) is 39.6 Å². The zero-order chi connectivity index (χ0) is 23.5. The van der Waals surface area contributed by atoms with Crippen LogP contribution in [0.15, 0.2) is 59.7 Å². The Morgan fingerprint density at radius 2 is 2.03 bits per heavy atom. The van der Waals surface area contributed by atoms with Crippen LogP contribution < -0.4 is 14.8 Å². The van der Waals surface area contributed by atoms with Gasteiger partial charge >= 0.3 is 0 Å². The van der Waals surface area contributed by atoms with E-state index in [-0.39, 0.29) is 0 Å². The van der Waals surface area contributed by atoms with E-state index in [1.54, 1.807) is 18.0 Å². The zero-order valence-corrected chi connectivity index (χ0v) is 19.6. The summed E-state index contributed by atoms with van der Waals surface area (Å²) < 4.78 is 11.3. The number of fused-ring (bicyclic) bond motifs is 1. The summed E-state index contributed by atoms with van der Waals surface area (Å²) in [6.45, 7) is 3.79. The third kappa shape index (κ3) is 6.40. The quantitative estimate of drug-likeness (QED) is 0.366. The number of H-pyrrole nitrogens is 1. The van der Waals surface area contributed by atoms with Crippen LogP contribution in [0.3, 0.4) is 0 Å². The molecule has 2 N–H and O–H groups in total. The molecule has 170 valence electrons. The van der Waals surface area contributed by atoms with Crippen LogP contribution in [0, 0.1) is 12.8 Å². The number of benzene rings is 1. The number of allylic oxidation sites excluding steroid dienone is 3. The van der Waals surface area contributed by atoms with Gasteiger partial charge < -0.3 is 14.8 Å². The third-order valence-corrected chi connectivity index (χ3v) is 5.60. The second-order valence-electron chi connectivity index (χ2n) is 6.84.